The molecule has 0 saturated carbocycles. The van der Waals surface area contributed by atoms with Crippen LogP contribution in [0.4, 0.5) is 11.5 Å². The molecule has 0 radical (unpaired) electrons. The lowest BCUT2D eigenvalue weighted by molar-refractivity contribution is 0.477. The number of phenolic OH excluding ortho intramolecular Hbond substituents is 1. The average Bonchev–Trinajstić information content (AvgIpc) is 2.66. The Balaban J connectivity index is 1.90. The molecule has 0 spiro atoms. The summed E-state index contributed by atoms with van der Waals surface area (Å²) in [5, 5.41) is 15.1. The van der Waals surface area contributed by atoms with Gasteiger partial charge in [-0.1, -0.05) is 41.9 Å². The molecule has 0 fully saturated rings. The van der Waals surface area contributed by atoms with Crippen molar-refractivity contribution in [1.82, 2.24) is 9.97 Å². The van der Waals surface area contributed by atoms with Gasteiger partial charge in [0, 0.05) is 16.1 Å². The van der Waals surface area contributed by atoms with Crippen molar-refractivity contribution < 1.29 is 5.11 Å². The number of nitrogens with one attached hydrogen (secondary N) is 1. The fourth-order valence-corrected chi connectivity index (χ4v) is 3.00. The smallest absolute Gasteiger partial charge is 0.165 e. The second-order valence-electron chi connectivity index (χ2n) is 5.97. The SMILES string of the molecule is Cc1c(Cl)cccc1Nc1nc(-c2ccccc2O)nc2ccccc12. The number of rotatable bonds is 3. The van der Waals surface area contributed by atoms with E-state index in [0.717, 1.165) is 22.2 Å². The molecule has 0 atom stereocenters. The standard InChI is InChI=1S/C21H16ClN3O/c1-13-16(22)9-6-11-17(13)23-20-14-7-2-4-10-18(14)24-21(25-20)15-8-3-5-12-19(15)26/h2-12,26H,1H3,(H,23,24,25). The highest BCUT2D eigenvalue weighted by Crippen LogP contribution is 2.32. The van der Waals surface area contributed by atoms with Gasteiger partial charge in [-0.15, -0.1) is 0 Å². The summed E-state index contributed by atoms with van der Waals surface area (Å²) in [4.78, 5) is 9.28. The van der Waals surface area contributed by atoms with Crippen molar-refractivity contribution in [3.8, 4) is 17.1 Å². The maximum absolute atomic E-state index is 10.2. The van der Waals surface area contributed by atoms with E-state index in [4.69, 9.17) is 11.6 Å². The van der Waals surface area contributed by atoms with Gasteiger partial charge >= 0.3 is 0 Å². The maximum Gasteiger partial charge on any atom is 0.165 e. The van der Waals surface area contributed by atoms with Gasteiger partial charge < -0.3 is 10.4 Å². The van der Waals surface area contributed by atoms with Gasteiger partial charge in [0.15, 0.2) is 5.82 Å². The van der Waals surface area contributed by atoms with Crippen molar-refractivity contribution in [1.29, 1.82) is 0 Å². The zero-order valence-corrected chi connectivity index (χ0v) is 14.8. The molecule has 4 aromatic rings. The number of hydrogen-bond donors (Lipinski definition) is 2. The second kappa shape index (κ2) is 6.65. The Hall–Kier alpha value is -3.11. The molecule has 0 bridgehead atoms. The van der Waals surface area contributed by atoms with E-state index in [0.29, 0.717) is 22.2 Å². The van der Waals surface area contributed by atoms with Crippen LogP contribution in [0.5, 0.6) is 5.75 Å². The van der Waals surface area contributed by atoms with Crippen molar-refractivity contribution in [2.45, 2.75) is 6.92 Å². The quantitative estimate of drug-likeness (QED) is 0.491. The number of anilines is 2. The van der Waals surface area contributed by atoms with Crippen LogP contribution in [0.25, 0.3) is 22.3 Å². The Kier molecular flexibility index (Phi) is 4.19. The van der Waals surface area contributed by atoms with Gasteiger partial charge in [-0.3, -0.25) is 0 Å². The van der Waals surface area contributed by atoms with E-state index in [1.807, 2.05) is 55.5 Å². The fourth-order valence-electron chi connectivity index (χ4n) is 2.83. The Labute approximate surface area is 156 Å². The summed E-state index contributed by atoms with van der Waals surface area (Å²) in [5.74, 6) is 1.27. The highest BCUT2D eigenvalue weighted by Gasteiger charge is 2.13. The lowest BCUT2D eigenvalue weighted by atomic mass is 10.1. The minimum Gasteiger partial charge on any atom is -0.507 e. The molecule has 5 heteroatoms. The summed E-state index contributed by atoms with van der Waals surface area (Å²) in [6.45, 7) is 1.96. The van der Waals surface area contributed by atoms with E-state index in [2.05, 4.69) is 15.3 Å². The molecule has 4 nitrogen and oxygen atoms in total. The molecule has 0 unspecified atom stereocenters. The van der Waals surface area contributed by atoms with Crippen molar-refractivity contribution in [2.75, 3.05) is 5.32 Å². The molecule has 26 heavy (non-hydrogen) atoms. The van der Waals surface area contributed by atoms with Gasteiger partial charge in [0.2, 0.25) is 0 Å². The van der Waals surface area contributed by atoms with Crippen molar-refractivity contribution in [2.24, 2.45) is 0 Å². The normalized spacial score (nSPS) is 10.8. The van der Waals surface area contributed by atoms with Crippen LogP contribution in [0.15, 0.2) is 66.7 Å². The minimum atomic E-state index is 0.146. The highest BCUT2D eigenvalue weighted by atomic mass is 35.5. The molecule has 0 amide bonds. The molecule has 1 heterocycles. The van der Waals surface area contributed by atoms with Crippen LogP contribution in [-0.4, -0.2) is 15.1 Å². The molecule has 3 aromatic carbocycles. The summed E-state index contributed by atoms with van der Waals surface area (Å²) in [7, 11) is 0. The van der Waals surface area contributed by atoms with Crippen LogP contribution in [0.3, 0.4) is 0 Å². The minimum absolute atomic E-state index is 0.146. The number of halogens is 1. The number of fused-ring (bicyclic) bond motifs is 1. The van der Waals surface area contributed by atoms with E-state index in [1.54, 1.807) is 18.2 Å². The number of nitrogens with zero attached hydrogens (tertiary/aromatic N) is 2. The van der Waals surface area contributed by atoms with E-state index in [-0.39, 0.29) is 5.75 Å². The number of phenols is 1. The number of para-hydroxylation sites is 2. The summed E-state index contributed by atoms with van der Waals surface area (Å²) < 4.78 is 0. The molecule has 0 aliphatic heterocycles. The first-order valence-corrected chi connectivity index (χ1v) is 8.58. The number of benzene rings is 3. The topological polar surface area (TPSA) is 58.0 Å². The van der Waals surface area contributed by atoms with Crippen molar-refractivity contribution in [3.63, 3.8) is 0 Å². The lowest BCUT2D eigenvalue weighted by Crippen LogP contribution is -2.00. The van der Waals surface area contributed by atoms with Gasteiger partial charge in [-0.2, -0.15) is 0 Å². The third kappa shape index (κ3) is 2.95. The fraction of sp³-hybridized carbons (Fsp3) is 0.0476. The molecule has 0 saturated heterocycles. The molecular weight excluding hydrogens is 346 g/mol. The average molecular weight is 362 g/mol. The molecule has 128 valence electrons. The Bertz CT molecular complexity index is 1110. The largest absolute Gasteiger partial charge is 0.507 e. The molecule has 4 rings (SSSR count). The van der Waals surface area contributed by atoms with Crippen molar-refractivity contribution in [3.05, 3.63) is 77.3 Å². The first-order chi connectivity index (χ1) is 12.6. The first-order valence-electron chi connectivity index (χ1n) is 8.21. The zero-order valence-electron chi connectivity index (χ0n) is 14.1. The molecule has 2 N–H and O–H groups in total. The predicted octanol–water partition coefficient (Wildman–Crippen LogP) is 5.71. The van der Waals surface area contributed by atoms with Crippen molar-refractivity contribution >= 4 is 34.0 Å². The van der Waals surface area contributed by atoms with Gasteiger partial charge in [0.1, 0.15) is 11.6 Å². The van der Waals surface area contributed by atoms with Crippen LogP contribution in [0.2, 0.25) is 5.02 Å². The zero-order chi connectivity index (χ0) is 18.1. The van der Waals surface area contributed by atoms with Gasteiger partial charge in [-0.25, -0.2) is 9.97 Å². The molecular formula is C21H16ClN3O. The summed E-state index contributed by atoms with van der Waals surface area (Å²) in [6.07, 6.45) is 0. The van der Waals surface area contributed by atoms with Crippen LogP contribution in [0.1, 0.15) is 5.56 Å². The van der Waals surface area contributed by atoms with Crippen LogP contribution in [0, 0.1) is 6.92 Å². The van der Waals surface area contributed by atoms with Gasteiger partial charge in [0.05, 0.1) is 11.1 Å². The van der Waals surface area contributed by atoms with Crippen LogP contribution in [-0.2, 0) is 0 Å². The highest BCUT2D eigenvalue weighted by molar-refractivity contribution is 6.31. The summed E-state index contributed by atoms with van der Waals surface area (Å²) in [6, 6.07) is 20.5. The molecule has 0 aliphatic rings. The number of aromatic nitrogens is 2. The van der Waals surface area contributed by atoms with Gasteiger partial charge in [0.25, 0.3) is 0 Å². The van der Waals surface area contributed by atoms with E-state index < -0.39 is 0 Å². The maximum atomic E-state index is 10.2. The van der Waals surface area contributed by atoms with Gasteiger partial charge in [-0.05, 0) is 48.9 Å². The Morgan fingerprint density at radius 3 is 2.50 bits per heavy atom. The third-order valence-electron chi connectivity index (χ3n) is 4.27. The van der Waals surface area contributed by atoms with E-state index >= 15 is 0 Å². The molecule has 1 aromatic heterocycles. The van der Waals surface area contributed by atoms with E-state index in [9.17, 15) is 5.11 Å². The van der Waals surface area contributed by atoms with Crippen LogP contribution >= 0.6 is 11.6 Å². The second-order valence-corrected chi connectivity index (χ2v) is 6.37. The van der Waals surface area contributed by atoms with E-state index in [1.165, 1.54) is 0 Å². The third-order valence-corrected chi connectivity index (χ3v) is 4.68. The predicted molar refractivity (Wildman–Crippen MR) is 106 cm³/mol. The van der Waals surface area contributed by atoms with Crippen LogP contribution < -0.4 is 5.32 Å². The summed E-state index contributed by atoms with van der Waals surface area (Å²) in [5.41, 5.74) is 3.21. The Morgan fingerprint density at radius 1 is 0.885 bits per heavy atom. The first kappa shape index (κ1) is 16.4. The monoisotopic (exact) mass is 361 g/mol. The summed E-state index contributed by atoms with van der Waals surface area (Å²) >= 11 is 6.24. The molecule has 0 aliphatic carbocycles. The number of hydrogen-bond acceptors (Lipinski definition) is 4. The Morgan fingerprint density at radius 2 is 1.65 bits per heavy atom. The number of aromatic hydroxyl groups is 1. The lowest BCUT2D eigenvalue weighted by Gasteiger charge is -2.13.